The van der Waals surface area contributed by atoms with E-state index in [1.807, 2.05) is 98.8 Å². The molecule has 0 saturated carbocycles. The summed E-state index contributed by atoms with van der Waals surface area (Å²) < 4.78 is 5.35. The van der Waals surface area contributed by atoms with E-state index >= 15 is 0 Å². The molecule has 0 radical (unpaired) electrons. The van der Waals surface area contributed by atoms with Crippen LogP contribution in [0.2, 0.25) is 0 Å². The highest BCUT2D eigenvalue weighted by Crippen LogP contribution is 2.18. The van der Waals surface area contributed by atoms with Crippen LogP contribution in [0.5, 0.6) is 0 Å². The molecule has 2 amide bonds. The van der Waals surface area contributed by atoms with Crippen molar-refractivity contribution in [1.29, 1.82) is 0 Å². The summed E-state index contributed by atoms with van der Waals surface area (Å²) in [6.07, 6.45) is 8.71. The molecular formula is C33H44N2O5. The molecule has 0 heterocycles. The summed E-state index contributed by atoms with van der Waals surface area (Å²) in [5.41, 5.74) is 1.42. The first-order valence-electron chi connectivity index (χ1n) is 13.9. The van der Waals surface area contributed by atoms with Crippen LogP contribution in [0.3, 0.4) is 0 Å². The summed E-state index contributed by atoms with van der Waals surface area (Å²) in [5.74, 6) is -2.11. The molecule has 0 aromatic heterocycles. The van der Waals surface area contributed by atoms with E-state index in [4.69, 9.17) is 4.74 Å². The van der Waals surface area contributed by atoms with Gasteiger partial charge >= 0.3 is 12.1 Å². The first-order valence-corrected chi connectivity index (χ1v) is 13.9. The summed E-state index contributed by atoms with van der Waals surface area (Å²) in [4.78, 5) is 37.5. The lowest BCUT2D eigenvalue weighted by Gasteiger charge is -2.25. The number of carboxylic acids is 1. The fraction of sp³-hybridized carbons (Fsp3) is 0.424. The Bertz CT molecular complexity index is 1120. The number of aliphatic carboxylic acids is 1. The van der Waals surface area contributed by atoms with Gasteiger partial charge in [0.05, 0.1) is 5.92 Å². The van der Waals surface area contributed by atoms with Gasteiger partial charge < -0.3 is 20.5 Å². The molecule has 0 bridgehead atoms. The number of hydrogen-bond donors (Lipinski definition) is 3. The lowest BCUT2D eigenvalue weighted by atomic mass is 9.93. The highest BCUT2D eigenvalue weighted by molar-refractivity contribution is 5.79. The van der Waals surface area contributed by atoms with Crippen molar-refractivity contribution in [3.63, 3.8) is 0 Å². The van der Waals surface area contributed by atoms with Crippen LogP contribution in [-0.2, 0) is 14.3 Å². The maximum Gasteiger partial charge on any atom is 0.407 e. The Balaban J connectivity index is 2.02. The third kappa shape index (κ3) is 13.3. The van der Waals surface area contributed by atoms with Crippen LogP contribution in [-0.4, -0.2) is 40.8 Å². The number of amides is 2. The van der Waals surface area contributed by atoms with Crippen molar-refractivity contribution in [3.05, 3.63) is 83.9 Å². The highest BCUT2D eigenvalue weighted by Gasteiger charge is 2.26. The fourth-order valence-corrected chi connectivity index (χ4v) is 4.31. The number of carboxylic acid groups (broad SMARTS) is 1. The Morgan fingerprint density at radius 3 is 1.70 bits per heavy atom. The molecule has 40 heavy (non-hydrogen) atoms. The largest absolute Gasteiger partial charge is 0.481 e. The smallest absolute Gasteiger partial charge is 0.407 e. The average molecular weight is 549 g/mol. The summed E-state index contributed by atoms with van der Waals surface area (Å²) in [5, 5.41) is 15.6. The fourth-order valence-electron chi connectivity index (χ4n) is 4.31. The van der Waals surface area contributed by atoms with Gasteiger partial charge in [-0.1, -0.05) is 85.0 Å². The maximum atomic E-state index is 13.3. The third-order valence-electron chi connectivity index (χ3n) is 6.21. The zero-order valence-electron chi connectivity index (χ0n) is 24.3. The minimum atomic E-state index is -0.892. The van der Waals surface area contributed by atoms with Crippen LogP contribution in [0.15, 0.2) is 72.8 Å². The number of ether oxygens (including phenoxy) is 1. The van der Waals surface area contributed by atoms with E-state index in [0.29, 0.717) is 25.7 Å². The summed E-state index contributed by atoms with van der Waals surface area (Å²) >= 11 is 0. The quantitative estimate of drug-likeness (QED) is 0.243. The van der Waals surface area contributed by atoms with E-state index in [-0.39, 0.29) is 18.0 Å². The maximum absolute atomic E-state index is 13.3. The van der Waals surface area contributed by atoms with Crippen molar-refractivity contribution in [1.82, 2.24) is 10.6 Å². The molecule has 4 atom stereocenters. The Morgan fingerprint density at radius 2 is 1.23 bits per heavy atom. The normalized spacial score (nSPS) is 14.8. The summed E-state index contributed by atoms with van der Waals surface area (Å²) in [7, 11) is 0. The van der Waals surface area contributed by atoms with Gasteiger partial charge in [-0.05, 0) is 71.4 Å². The standard InChI is InChI=1S/C33H44N2O5/c1-24(23-29(31(37)38)21-13-19-27-16-10-7-11-17-27)34-30(36)28(20-12-18-26-14-8-6-9-15-26)22-25(2)35-32(39)40-33(3,4)5/h6-19,24-25,28-29H,20-23H2,1-5H3,(H,34,36)(H,35,39)(H,37,38)/b18-12+,19-13+/t24-,25-,28+,29+/m0/s1. The molecule has 7 heteroatoms. The molecule has 0 aliphatic heterocycles. The zero-order valence-corrected chi connectivity index (χ0v) is 24.3. The van der Waals surface area contributed by atoms with Gasteiger partial charge in [0.25, 0.3) is 0 Å². The van der Waals surface area contributed by atoms with E-state index < -0.39 is 29.5 Å². The number of rotatable bonds is 14. The lowest BCUT2D eigenvalue weighted by Crippen LogP contribution is -2.43. The van der Waals surface area contributed by atoms with Crippen molar-refractivity contribution in [2.75, 3.05) is 0 Å². The van der Waals surface area contributed by atoms with Gasteiger partial charge in [-0.2, -0.15) is 0 Å². The molecule has 0 fully saturated rings. The van der Waals surface area contributed by atoms with Gasteiger partial charge in [0.2, 0.25) is 5.91 Å². The average Bonchev–Trinajstić information content (AvgIpc) is 2.87. The van der Waals surface area contributed by atoms with Crippen molar-refractivity contribution in [2.45, 2.75) is 78.0 Å². The van der Waals surface area contributed by atoms with Crippen molar-refractivity contribution < 1.29 is 24.2 Å². The Kier molecular flexibility index (Phi) is 13.2. The van der Waals surface area contributed by atoms with Crippen LogP contribution in [0.1, 0.15) is 71.4 Å². The third-order valence-corrected chi connectivity index (χ3v) is 6.21. The number of nitrogens with one attached hydrogen (secondary N) is 2. The zero-order chi connectivity index (χ0) is 29.5. The predicted octanol–water partition coefficient (Wildman–Crippen LogP) is 6.71. The van der Waals surface area contributed by atoms with Gasteiger partial charge in [-0.15, -0.1) is 0 Å². The number of hydrogen-bond acceptors (Lipinski definition) is 4. The second kappa shape index (κ2) is 16.3. The monoisotopic (exact) mass is 548 g/mol. The van der Waals surface area contributed by atoms with E-state index in [1.165, 1.54) is 0 Å². The number of alkyl carbamates (subject to hydrolysis) is 1. The second-order valence-electron chi connectivity index (χ2n) is 11.3. The molecule has 0 saturated heterocycles. The molecule has 2 aromatic rings. The van der Waals surface area contributed by atoms with E-state index in [0.717, 1.165) is 11.1 Å². The molecule has 216 valence electrons. The minimum absolute atomic E-state index is 0.174. The number of benzene rings is 2. The van der Waals surface area contributed by atoms with Gasteiger partial charge in [0.15, 0.2) is 0 Å². The summed E-state index contributed by atoms with van der Waals surface area (Å²) in [6, 6.07) is 18.9. The molecule has 2 aromatic carbocycles. The molecule has 0 aliphatic rings. The molecule has 3 N–H and O–H groups in total. The van der Waals surface area contributed by atoms with Crippen LogP contribution in [0.25, 0.3) is 12.2 Å². The number of carbonyl (C=O) groups excluding carboxylic acids is 2. The predicted molar refractivity (Wildman–Crippen MR) is 160 cm³/mol. The van der Waals surface area contributed by atoms with Crippen molar-refractivity contribution in [3.8, 4) is 0 Å². The Hall–Kier alpha value is -3.87. The van der Waals surface area contributed by atoms with Crippen LogP contribution in [0, 0.1) is 11.8 Å². The molecule has 0 spiro atoms. The molecule has 0 unspecified atom stereocenters. The number of allylic oxidation sites excluding steroid dienone is 2. The van der Waals surface area contributed by atoms with Crippen LogP contribution >= 0.6 is 0 Å². The second-order valence-corrected chi connectivity index (χ2v) is 11.3. The first-order chi connectivity index (χ1) is 18.9. The van der Waals surface area contributed by atoms with Crippen LogP contribution < -0.4 is 10.6 Å². The topological polar surface area (TPSA) is 105 Å². The molecular weight excluding hydrogens is 504 g/mol. The van der Waals surface area contributed by atoms with Crippen LogP contribution in [0.4, 0.5) is 4.79 Å². The first kappa shape index (κ1) is 32.3. The SMILES string of the molecule is C[C@@H](C[C@@H](C/C=C/c1ccccc1)C(=O)N[C@@H](C)C[C@@H](C/C=C/c1ccccc1)C(=O)O)NC(=O)OC(C)(C)C. The van der Waals surface area contributed by atoms with E-state index in [2.05, 4.69) is 10.6 Å². The summed E-state index contributed by atoms with van der Waals surface area (Å²) in [6.45, 7) is 9.06. The van der Waals surface area contributed by atoms with E-state index in [1.54, 1.807) is 20.8 Å². The molecule has 0 aliphatic carbocycles. The Morgan fingerprint density at radius 1 is 0.775 bits per heavy atom. The lowest BCUT2D eigenvalue weighted by molar-refractivity contribution is -0.142. The highest BCUT2D eigenvalue weighted by atomic mass is 16.6. The minimum Gasteiger partial charge on any atom is -0.481 e. The Labute approximate surface area is 238 Å². The van der Waals surface area contributed by atoms with Crippen molar-refractivity contribution in [2.24, 2.45) is 11.8 Å². The number of carbonyl (C=O) groups is 3. The van der Waals surface area contributed by atoms with Gasteiger partial charge in [0.1, 0.15) is 5.60 Å². The van der Waals surface area contributed by atoms with Gasteiger partial charge in [-0.3, -0.25) is 9.59 Å². The molecule has 7 nitrogen and oxygen atoms in total. The molecule has 2 rings (SSSR count). The van der Waals surface area contributed by atoms with Gasteiger partial charge in [-0.25, -0.2) is 4.79 Å². The van der Waals surface area contributed by atoms with Gasteiger partial charge in [0, 0.05) is 18.0 Å². The van der Waals surface area contributed by atoms with E-state index in [9.17, 15) is 19.5 Å². The van der Waals surface area contributed by atoms with Crippen molar-refractivity contribution >= 4 is 30.1 Å².